The molecule has 0 saturated heterocycles. The lowest BCUT2D eigenvalue weighted by Gasteiger charge is -2.38. The van der Waals surface area contributed by atoms with E-state index in [0.29, 0.717) is 6.16 Å². The lowest BCUT2D eigenvalue weighted by Crippen LogP contribution is -2.38. The molecule has 0 aromatic heterocycles. The highest BCUT2D eigenvalue weighted by atomic mass is 32.7. The molecule has 6 rings (SSSR count). The van der Waals surface area contributed by atoms with Gasteiger partial charge in [-0.3, -0.25) is 0 Å². The van der Waals surface area contributed by atoms with E-state index in [-0.39, 0.29) is 11.6 Å². The molecule has 4 nitrogen and oxygen atoms in total. The molecule has 1 saturated carbocycles. The van der Waals surface area contributed by atoms with Crippen LogP contribution in [-0.4, -0.2) is 24.6 Å². The highest BCUT2D eigenvalue weighted by Gasteiger charge is 2.50. The molecule has 0 radical (unpaired) electrons. The van der Waals surface area contributed by atoms with Gasteiger partial charge in [0.25, 0.3) is 0 Å². The maximum Gasteiger partial charge on any atom is 0.146 e. The van der Waals surface area contributed by atoms with Crippen LogP contribution in [0.2, 0.25) is 0 Å². The second-order valence-corrected chi connectivity index (χ2v) is 18.0. The van der Waals surface area contributed by atoms with Crippen molar-refractivity contribution in [2.45, 2.75) is 31.3 Å². The highest BCUT2D eigenvalue weighted by Crippen LogP contribution is 2.66. The molecule has 0 bridgehead atoms. The first-order valence-electron chi connectivity index (χ1n) is 13.9. The lowest BCUT2D eigenvalue weighted by molar-refractivity contribution is 0.415. The van der Waals surface area contributed by atoms with E-state index in [0.717, 1.165) is 58.7 Å². The molecule has 0 amide bonds. The maximum absolute atomic E-state index is 15.5. The molecule has 1 aliphatic heterocycles. The van der Waals surface area contributed by atoms with Crippen molar-refractivity contribution in [1.82, 2.24) is 0 Å². The van der Waals surface area contributed by atoms with Gasteiger partial charge in [-0.05, 0) is 49.2 Å². The van der Waals surface area contributed by atoms with Crippen LogP contribution in [0.15, 0.2) is 120 Å². The Morgan fingerprint density at radius 1 is 0.800 bits per heavy atom. The number of benzene rings is 4. The molecule has 4 aromatic carbocycles. The first-order chi connectivity index (χ1) is 19.5. The van der Waals surface area contributed by atoms with Gasteiger partial charge >= 0.3 is 0 Å². The van der Waals surface area contributed by atoms with E-state index in [2.05, 4.69) is 29.0 Å². The molecule has 1 fully saturated rings. The van der Waals surface area contributed by atoms with Crippen molar-refractivity contribution >= 4 is 53.3 Å². The maximum atomic E-state index is 15.5. The van der Waals surface area contributed by atoms with Gasteiger partial charge < -0.3 is 21.6 Å². The zero-order valence-electron chi connectivity index (χ0n) is 22.7. The smallest absolute Gasteiger partial charge is 0.146 e. The van der Waals surface area contributed by atoms with Crippen LogP contribution in [-0.2, 0) is 16.8 Å². The van der Waals surface area contributed by atoms with Crippen molar-refractivity contribution in [3.05, 3.63) is 115 Å². The van der Waals surface area contributed by atoms with Crippen LogP contribution in [0.4, 0.5) is 5.69 Å². The minimum Gasteiger partial charge on any atom is -0.524 e. The van der Waals surface area contributed by atoms with Crippen molar-refractivity contribution in [3.8, 4) is 5.75 Å². The van der Waals surface area contributed by atoms with E-state index in [1.165, 1.54) is 0 Å². The van der Waals surface area contributed by atoms with E-state index in [1.807, 2.05) is 91.0 Å². The number of para-hydroxylation sites is 1. The molecule has 0 spiro atoms. The van der Waals surface area contributed by atoms with Gasteiger partial charge in [0.1, 0.15) is 19.1 Å². The van der Waals surface area contributed by atoms with Gasteiger partial charge in [-0.2, -0.15) is 4.78 Å². The van der Waals surface area contributed by atoms with Crippen molar-refractivity contribution in [2.24, 2.45) is 11.0 Å². The molecule has 3 unspecified atom stereocenters. The molecule has 4 aromatic rings. The monoisotopic (exact) mass is 584 g/mol. The van der Waals surface area contributed by atoms with Gasteiger partial charge in [0, 0.05) is 22.2 Å². The molecular weight excluding hydrogens is 550 g/mol. The normalized spacial score (nSPS) is 23.1. The van der Waals surface area contributed by atoms with Gasteiger partial charge in [-0.25, -0.2) is 0 Å². The zero-order chi connectivity index (χ0) is 27.6. The number of hydrazone groups is 1. The number of methoxy groups -OCH3 is 1. The summed E-state index contributed by atoms with van der Waals surface area (Å²) in [6.07, 6.45) is 4.80. The van der Waals surface area contributed by atoms with Gasteiger partial charge in [-0.1, -0.05) is 91.7 Å². The molecule has 7 heteroatoms. The van der Waals surface area contributed by atoms with Gasteiger partial charge in [-0.15, -0.1) is 5.10 Å². The Labute approximate surface area is 243 Å². The molecule has 3 atom stereocenters. The van der Waals surface area contributed by atoms with Crippen LogP contribution >= 0.6 is 13.8 Å². The summed E-state index contributed by atoms with van der Waals surface area (Å²) in [5, 5.41) is 8.34. The molecule has 1 aliphatic carbocycles. The Morgan fingerprint density at radius 2 is 1.35 bits per heavy atom. The van der Waals surface area contributed by atoms with Crippen LogP contribution in [0.1, 0.15) is 25.7 Å². The first-order valence-corrected chi connectivity index (χ1v) is 18.6. The fraction of sp³-hybridized carbons (Fsp3) is 0.242. The van der Waals surface area contributed by atoms with Crippen molar-refractivity contribution in [2.75, 3.05) is 18.1 Å². The van der Waals surface area contributed by atoms with E-state index in [1.54, 1.807) is 7.11 Å². The Balaban J connectivity index is 1.45. The number of ether oxygens (including phenoxy) is 1. The summed E-state index contributed by atoms with van der Waals surface area (Å²) in [7, 11) is -1.28. The average molecular weight is 585 g/mol. The summed E-state index contributed by atoms with van der Waals surface area (Å²) in [4.78, 5) is 0. The quantitative estimate of drug-likeness (QED) is 0.171. The number of hydrogen-bond donors (Lipinski definition) is 0. The van der Waals surface area contributed by atoms with E-state index in [4.69, 9.17) is 22.1 Å². The second kappa shape index (κ2) is 11.6. The van der Waals surface area contributed by atoms with Gasteiger partial charge in [0.05, 0.1) is 30.4 Å². The van der Waals surface area contributed by atoms with Crippen LogP contribution in [0.25, 0.3) is 0 Å². The average Bonchev–Trinajstić information content (AvgIpc) is 3.40. The first kappa shape index (κ1) is 27.3. The summed E-state index contributed by atoms with van der Waals surface area (Å²) in [5.74, 6) is 0.922. The number of nitrogens with zero attached hydrogens (tertiary/aromatic N) is 2. The third-order valence-corrected chi connectivity index (χ3v) is 16.2. The predicted octanol–water partition coefficient (Wildman–Crippen LogP) is 7.16. The molecule has 204 valence electrons. The number of hydrogen-bond acceptors (Lipinski definition) is 5. The standard InChI is InChI=1S/C33H34N2O2P2S/c1-37-27-21-23-28(24-22-27)38(40)25-32(34-35(38)26-13-5-2-6-14-26)31-19-11-12-20-33(31)39(36,29-15-7-3-8-16-29)30-17-9-4-10-18-30/h2-10,13-18,21-24,31,33H,11-12,19-20,25H2,1H3. The van der Waals surface area contributed by atoms with Crippen LogP contribution in [0.3, 0.4) is 0 Å². The molecule has 2 aliphatic rings. The zero-order valence-corrected chi connectivity index (χ0v) is 25.3. The topological polar surface area (TPSA) is 41.9 Å². The number of anilines is 1. The van der Waals surface area contributed by atoms with Gasteiger partial charge in [0.2, 0.25) is 0 Å². The summed E-state index contributed by atoms with van der Waals surface area (Å²) < 4.78 is 23.1. The Bertz CT molecular complexity index is 1470. The fourth-order valence-electron chi connectivity index (χ4n) is 6.29. The van der Waals surface area contributed by atoms with Crippen molar-refractivity contribution in [1.29, 1.82) is 0 Å². The molecular formula is C33H34N2O2P2S. The highest BCUT2D eigenvalue weighted by molar-refractivity contribution is 8.46. The molecule has 0 N–H and O–H groups in total. The van der Waals surface area contributed by atoms with Crippen molar-refractivity contribution in [3.63, 3.8) is 0 Å². The van der Waals surface area contributed by atoms with E-state index in [9.17, 15) is 0 Å². The summed E-state index contributed by atoms with van der Waals surface area (Å²) in [6.45, 7) is -2.31. The van der Waals surface area contributed by atoms with Crippen LogP contribution in [0.5, 0.6) is 5.75 Å². The lowest BCUT2D eigenvalue weighted by atomic mass is 9.85. The van der Waals surface area contributed by atoms with Crippen LogP contribution < -0.4 is 25.4 Å². The Morgan fingerprint density at radius 3 is 1.93 bits per heavy atom. The third kappa shape index (κ3) is 4.94. The van der Waals surface area contributed by atoms with Gasteiger partial charge in [0.15, 0.2) is 0 Å². The van der Waals surface area contributed by atoms with Crippen LogP contribution in [0, 0.1) is 5.92 Å². The fourth-order valence-corrected chi connectivity index (χ4v) is 13.8. The predicted molar refractivity (Wildman–Crippen MR) is 174 cm³/mol. The summed E-state index contributed by atoms with van der Waals surface area (Å²) >= 11 is 6.59. The third-order valence-electron chi connectivity index (χ3n) is 8.27. The largest absolute Gasteiger partial charge is 0.524 e. The summed E-state index contributed by atoms with van der Waals surface area (Å²) in [5.41, 5.74) is 2.11. The van der Waals surface area contributed by atoms with E-state index < -0.39 is 13.8 Å². The Kier molecular flexibility index (Phi) is 7.91. The van der Waals surface area contributed by atoms with Crippen molar-refractivity contribution < 1.29 is 9.30 Å². The summed E-state index contributed by atoms with van der Waals surface area (Å²) in [6, 6.07) is 38.7. The molecule has 1 heterocycles. The van der Waals surface area contributed by atoms with E-state index >= 15 is 4.57 Å². The number of rotatable bonds is 7. The minimum atomic E-state index is -2.96. The minimum absolute atomic E-state index is 0.0140. The SMILES string of the molecule is COc1ccc([P+]2([S-])CC(C3CCCCC3P(=O)(c3ccccc3)c3ccccc3)=NN2c2ccccc2)cc1. The second-order valence-electron chi connectivity index (χ2n) is 10.6. The Hall–Kier alpha value is -2.84. The molecule has 40 heavy (non-hydrogen) atoms.